The number of hydrogen-bond acceptors (Lipinski definition) is 3. The molecule has 2 N–H and O–H groups in total. The van der Waals surface area contributed by atoms with Gasteiger partial charge in [0.25, 0.3) is 0 Å². The maximum absolute atomic E-state index is 5.42. The molecule has 0 unspecified atom stereocenters. The van der Waals surface area contributed by atoms with Crippen LogP contribution in [0.1, 0.15) is 6.92 Å². The van der Waals surface area contributed by atoms with Crippen LogP contribution >= 0.6 is 24.0 Å². The molecule has 4 heteroatoms. The van der Waals surface area contributed by atoms with Crippen molar-refractivity contribution >= 4 is 29.0 Å². The van der Waals surface area contributed by atoms with E-state index in [1.165, 1.54) is 0 Å². The van der Waals surface area contributed by atoms with Crippen molar-refractivity contribution in [2.45, 2.75) is 6.92 Å². The Hall–Kier alpha value is 0.200. The van der Waals surface area contributed by atoms with Crippen LogP contribution in [-0.2, 0) is 0 Å². The zero-order valence-electron chi connectivity index (χ0n) is 7.17. The highest BCUT2D eigenvalue weighted by molar-refractivity contribution is 7.98. The van der Waals surface area contributed by atoms with Gasteiger partial charge in [-0.05, 0) is 12.8 Å². The van der Waals surface area contributed by atoms with Crippen LogP contribution < -0.4 is 5.73 Å². The lowest BCUT2D eigenvalue weighted by molar-refractivity contribution is 0.351. The summed E-state index contributed by atoms with van der Waals surface area (Å²) < 4.78 is 0. The van der Waals surface area contributed by atoms with E-state index in [0.717, 1.165) is 25.4 Å². The normalized spacial score (nSPS) is 10.5. The summed E-state index contributed by atoms with van der Waals surface area (Å²) in [4.78, 5) is 2.84. The molecular formula is C7H16N2S2. The lowest BCUT2D eigenvalue weighted by Crippen LogP contribution is -2.34. The first-order valence-electron chi connectivity index (χ1n) is 3.70. The number of rotatable bonds is 6. The van der Waals surface area contributed by atoms with Crippen LogP contribution in [0.25, 0.3) is 0 Å². The second kappa shape index (κ2) is 6.88. The molecule has 0 radical (unpaired) electrons. The molecule has 0 aromatic heterocycles. The molecule has 0 aromatic carbocycles. The Labute approximate surface area is 78.5 Å². The average molecular weight is 192 g/mol. The van der Waals surface area contributed by atoms with Gasteiger partial charge in [-0.15, -0.1) is 0 Å². The summed E-state index contributed by atoms with van der Waals surface area (Å²) in [6, 6.07) is 0. The SMILES string of the molecule is CCN(CCSC)CC(N)=S. The Morgan fingerprint density at radius 3 is 2.64 bits per heavy atom. The predicted molar refractivity (Wildman–Crippen MR) is 57.3 cm³/mol. The average Bonchev–Trinajstić information content (AvgIpc) is 1.97. The fourth-order valence-electron chi connectivity index (χ4n) is 0.790. The number of hydrogen-bond donors (Lipinski definition) is 1. The van der Waals surface area contributed by atoms with Crippen LogP contribution in [0.4, 0.5) is 0 Å². The fourth-order valence-corrected chi connectivity index (χ4v) is 1.41. The highest BCUT2D eigenvalue weighted by Crippen LogP contribution is 1.94. The first-order valence-corrected chi connectivity index (χ1v) is 5.50. The van der Waals surface area contributed by atoms with Gasteiger partial charge in [0.15, 0.2) is 0 Å². The van der Waals surface area contributed by atoms with Crippen molar-refractivity contribution < 1.29 is 0 Å². The summed E-state index contributed by atoms with van der Waals surface area (Å²) in [7, 11) is 0. The van der Waals surface area contributed by atoms with Crippen molar-refractivity contribution in [1.82, 2.24) is 4.90 Å². The fraction of sp³-hybridized carbons (Fsp3) is 0.857. The van der Waals surface area contributed by atoms with Crippen LogP contribution in [0, 0.1) is 0 Å². The Bertz CT molecular complexity index is 117. The third-order valence-corrected chi connectivity index (χ3v) is 2.16. The molecule has 0 bridgehead atoms. The first-order chi connectivity index (χ1) is 5.20. The maximum Gasteiger partial charge on any atom is 0.0870 e. The van der Waals surface area contributed by atoms with Gasteiger partial charge in [0, 0.05) is 18.8 Å². The van der Waals surface area contributed by atoms with Gasteiger partial charge >= 0.3 is 0 Å². The molecular weight excluding hydrogens is 176 g/mol. The van der Waals surface area contributed by atoms with Crippen molar-refractivity contribution in [2.75, 3.05) is 31.6 Å². The quantitative estimate of drug-likeness (QED) is 0.635. The van der Waals surface area contributed by atoms with Gasteiger partial charge in [-0.3, -0.25) is 4.90 Å². The van der Waals surface area contributed by atoms with Gasteiger partial charge in [-0.1, -0.05) is 19.1 Å². The van der Waals surface area contributed by atoms with E-state index in [-0.39, 0.29) is 0 Å². The van der Waals surface area contributed by atoms with Crippen molar-refractivity contribution in [3.8, 4) is 0 Å². The lowest BCUT2D eigenvalue weighted by atomic mass is 10.5. The molecule has 11 heavy (non-hydrogen) atoms. The lowest BCUT2D eigenvalue weighted by Gasteiger charge is -2.18. The van der Waals surface area contributed by atoms with Crippen LogP contribution in [-0.4, -0.2) is 41.5 Å². The minimum Gasteiger partial charge on any atom is -0.392 e. The molecule has 0 fully saturated rings. The Balaban J connectivity index is 3.49. The molecule has 0 saturated carbocycles. The van der Waals surface area contributed by atoms with Gasteiger partial charge < -0.3 is 5.73 Å². The van der Waals surface area contributed by atoms with E-state index >= 15 is 0 Å². The van der Waals surface area contributed by atoms with Crippen molar-refractivity contribution in [2.24, 2.45) is 5.73 Å². The highest BCUT2D eigenvalue weighted by atomic mass is 32.2. The van der Waals surface area contributed by atoms with Crippen molar-refractivity contribution in [1.29, 1.82) is 0 Å². The van der Waals surface area contributed by atoms with Crippen LogP contribution in [0.3, 0.4) is 0 Å². The van der Waals surface area contributed by atoms with Crippen LogP contribution in [0.2, 0.25) is 0 Å². The van der Waals surface area contributed by atoms with Crippen LogP contribution in [0.15, 0.2) is 0 Å². The maximum atomic E-state index is 5.42. The van der Waals surface area contributed by atoms with E-state index in [1.807, 2.05) is 11.8 Å². The molecule has 0 aliphatic heterocycles. The minimum absolute atomic E-state index is 0.591. The van der Waals surface area contributed by atoms with Gasteiger partial charge in [-0.2, -0.15) is 11.8 Å². The van der Waals surface area contributed by atoms with Gasteiger partial charge in [0.1, 0.15) is 0 Å². The molecule has 66 valence electrons. The Morgan fingerprint density at radius 2 is 2.27 bits per heavy atom. The Kier molecular flexibility index (Phi) is 7.01. The molecule has 0 aromatic rings. The van der Waals surface area contributed by atoms with E-state index < -0.39 is 0 Å². The van der Waals surface area contributed by atoms with Crippen molar-refractivity contribution in [3.05, 3.63) is 0 Å². The summed E-state index contributed by atoms with van der Waals surface area (Å²) >= 11 is 6.66. The van der Waals surface area contributed by atoms with Gasteiger partial charge in [0.2, 0.25) is 0 Å². The molecule has 2 nitrogen and oxygen atoms in total. The number of thioether (sulfide) groups is 1. The molecule has 0 saturated heterocycles. The summed E-state index contributed by atoms with van der Waals surface area (Å²) in [5.74, 6) is 1.15. The van der Waals surface area contributed by atoms with Gasteiger partial charge in [0.05, 0.1) is 4.99 Å². The molecule has 0 amide bonds. The molecule has 0 atom stereocenters. The monoisotopic (exact) mass is 192 g/mol. The molecule has 0 rings (SSSR count). The molecule has 0 aliphatic rings. The largest absolute Gasteiger partial charge is 0.392 e. The summed E-state index contributed by atoms with van der Waals surface area (Å²) in [6.45, 7) is 4.98. The smallest absolute Gasteiger partial charge is 0.0870 e. The standard InChI is InChI=1S/C7H16N2S2/c1-3-9(4-5-11-2)6-7(8)10/h3-6H2,1-2H3,(H2,8,10). The van der Waals surface area contributed by atoms with Crippen molar-refractivity contribution in [3.63, 3.8) is 0 Å². The molecule has 0 heterocycles. The van der Waals surface area contributed by atoms with E-state index in [9.17, 15) is 0 Å². The summed E-state index contributed by atoms with van der Waals surface area (Å²) in [6.07, 6.45) is 2.11. The zero-order valence-corrected chi connectivity index (χ0v) is 8.80. The zero-order chi connectivity index (χ0) is 8.69. The van der Waals surface area contributed by atoms with Gasteiger partial charge in [-0.25, -0.2) is 0 Å². The third-order valence-electron chi connectivity index (χ3n) is 1.44. The first kappa shape index (κ1) is 11.2. The molecule has 0 spiro atoms. The van der Waals surface area contributed by atoms with E-state index in [1.54, 1.807) is 0 Å². The predicted octanol–water partition coefficient (Wildman–Crippen LogP) is 0.957. The van der Waals surface area contributed by atoms with E-state index in [2.05, 4.69) is 18.1 Å². The topological polar surface area (TPSA) is 29.3 Å². The number of nitrogens with two attached hydrogens (primary N) is 1. The van der Waals surface area contributed by atoms with E-state index in [4.69, 9.17) is 18.0 Å². The highest BCUT2D eigenvalue weighted by Gasteiger charge is 2.01. The molecule has 0 aliphatic carbocycles. The summed E-state index contributed by atoms with van der Waals surface area (Å²) in [5, 5.41) is 0. The number of thiocarbonyl (C=S) groups is 1. The number of likely N-dealkylation sites (N-methyl/N-ethyl adjacent to an activating group) is 1. The second-order valence-corrected chi connectivity index (χ2v) is 3.84. The third kappa shape index (κ3) is 6.59. The summed E-state index contributed by atoms with van der Waals surface area (Å²) in [5.41, 5.74) is 5.42. The Morgan fingerprint density at radius 1 is 1.64 bits per heavy atom. The van der Waals surface area contributed by atoms with Crippen LogP contribution in [0.5, 0.6) is 0 Å². The second-order valence-electron chi connectivity index (χ2n) is 2.33. The minimum atomic E-state index is 0.591. The number of nitrogens with zero attached hydrogens (tertiary/aromatic N) is 1. The van der Waals surface area contributed by atoms with E-state index in [0.29, 0.717) is 4.99 Å².